The predicted octanol–water partition coefficient (Wildman–Crippen LogP) is -0.664. The average molecular weight is 279 g/mol. The molecule has 0 atom stereocenters. The van der Waals surface area contributed by atoms with Gasteiger partial charge >= 0.3 is 0 Å². The van der Waals surface area contributed by atoms with Gasteiger partial charge in [-0.05, 0) is 12.1 Å². The fourth-order valence-electron chi connectivity index (χ4n) is 1.06. The number of nitrogens with two attached hydrogens (primary N) is 2. The monoisotopic (exact) mass is 278 g/mol. The van der Waals surface area contributed by atoms with Crippen LogP contribution in [0.5, 0.6) is 0 Å². The van der Waals surface area contributed by atoms with E-state index in [0.717, 1.165) is 0 Å². The quantitative estimate of drug-likeness (QED) is 0.630. The highest BCUT2D eigenvalue weighted by molar-refractivity contribution is 7.89. The summed E-state index contributed by atoms with van der Waals surface area (Å²) in [6.07, 6.45) is 0. The van der Waals surface area contributed by atoms with Crippen molar-refractivity contribution in [2.24, 2.45) is 5.14 Å². The van der Waals surface area contributed by atoms with Crippen LogP contribution in [0, 0.1) is 0 Å². The Labute approximate surface area is 103 Å². The van der Waals surface area contributed by atoms with Crippen molar-refractivity contribution in [1.82, 2.24) is 10.3 Å². The third kappa shape index (κ3) is 4.98. The highest BCUT2D eigenvalue weighted by atomic mass is 35.5. The maximum atomic E-state index is 11.5. The third-order valence-corrected chi connectivity index (χ3v) is 2.72. The van der Waals surface area contributed by atoms with E-state index in [2.05, 4.69) is 10.3 Å². The number of aromatic nitrogens is 1. The molecule has 0 aliphatic rings. The van der Waals surface area contributed by atoms with E-state index in [4.69, 9.17) is 22.5 Å². The zero-order chi connectivity index (χ0) is 13.1. The summed E-state index contributed by atoms with van der Waals surface area (Å²) in [5.41, 5.74) is 5.61. The maximum Gasteiger partial charge on any atom is 0.251 e. The Hall–Kier alpha value is -1.38. The van der Waals surface area contributed by atoms with Crippen molar-refractivity contribution in [2.45, 2.75) is 0 Å². The van der Waals surface area contributed by atoms with Crippen molar-refractivity contribution in [3.05, 3.63) is 22.8 Å². The molecule has 0 aromatic carbocycles. The fourth-order valence-corrected chi connectivity index (χ4v) is 1.66. The van der Waals surface area contributed by atoms with Crippen LogP contribution in [0.2, 0.25) is 5.15 Å². The summed E-state index contributed by atoms with van der Waals surface area (Å²) in [4.78, 5) is 15.2. The first-order valence-electron chi connectivity index (χ1n) is 4.49. The zero-order valence-corrected chi connectivity index (χ0v) is 10.3. The molecule has 0 aliphatic heterocycles. The van der Waals surface area contributed by atoms with E-state index in [0.29, 0.717) is 0 Å². The number of nitrogen functional groups attached to an aromatic ring is 1. The minimum Gasteiger partial charge on any atom is -0.384 e. The van der Waals surface area contributed by atoms with Gasteiger partial charge in [0, 0.05) is 12.1 Å². The van der Waals surface area contributed by atoms with Gasteiger partial charge in [-0.3, -0.25) is 4.79 Å². The Morgan fingerprint density at radius 3 is 2.65 bits per heavy atom. The highest BCUT2D eigenvalue weighted by Gasteiger charge is 2.09. The summed E-state index contributed by atoms with van der Waals surface area (Å²) in [6, 6.07) is 2.66. The van der Waals surface area contributed by atoms with Crippen LogP contribution >= 0.6 is 11.6 Å². The van der Waals surface area contributed by atoms with Gasteiger partial charge in [0.05, 0.1) is 5.75 Å². The highest BCUT2D eigenvalue weighted by Crippen LogP contribution is 2.11. The summed E-state index contributed by atoms with van der Waals surface area (Å²) >= 11 is 5.61. The second-order valence-electron chi connectivity index (χ2n) is 3.23. The summed E-state index contributed by atoms with van der Waals surface area (Å²) < 4.78 is 21.3. The lowest BCUT2D eigenvalue weighted by Gasteiger charge is -2.05. The molecule has 1 amide bonds. The number of nitrogens with one attached hydrogen (secondary N) is 1. The summed E-state index contributed by atoms with van der Waals surface area (Å²) in [5, 5.41) is 7.23. The summed E-state index contributed by atoms with van der Waals surface area (Å²) in [6.45, 7) is -0.0858. The van der Waals surface area contributed by atoms with Crippen molar-refractivity contribution in [3.63, 3.8) is 0 Å². The number of hydrogen-bond acceptors (Lipinski definition) is 5. The van der Waals surface area contributed by atoms with Gasteiger partial charge in [-0.25, -0.2) is 18.5 Å². The molecule has 0 saturated carbocycles. The second-order valence-corrected chi connectivity index (χ2v) is 5.35. The van der Waals surface area contributed by atoms with E-state index < -0.39 is 15.9 Å². The minimum absolute atomic E-state index is 0.0848. The van der Waals surface area contributed by atoms with E-state index in [9.17, 15) is 13.2 Å². The van der Waals surface area contributed by atoms with Gasteiger partial charge in [-0.2, -0.15) is 0 Å². The first-order chi connectivity index (χ1) is 7.78. The average Bonchev–Trinajstić information content (AvgIpc) is 2.13. The van der Waals surface area contributed by atoms with Crippen molar-refractivity contribution >= 4 is 33.3 Å². The number of sulfonamides is 1. The molecular weight excluding hydrogens is 268 g/mol. The number of carbonyl (C=O) groups is 1. The number of amides is 1. The van der Waals surface area contributed by atoms with E-state index >= 15 is 0 Å². The number of halogens is 1. The second kappa shape index (κ2) is 5.30. The Morgan fingerprint density at radius 1 is 1.47 bits per heavy atom. The molecule has 0 radical (unpaired) electrons. The summed E-state index contributed by atoms with van der Waals surface area (Å²) in [5.74, 6) is -0.730. The van der Waals surface area contributed by atoms with Gasteiger partial charge in [-0.15, -0.1) is 0 Å². The molecule has 7 nitrogen and oxygen atoms in total. The van der Waals surface area contributed by atoms with Crippen LogP contribution in [0.3, 0.4) is 0 Å². The number of hydrogen-bond donors (Lipinski definition) is 3. The Balaban J connectivity index is 2.64. The molecule has 0 unspecified atom stereocenters. The molecule has 1 heterocycles. The lowest BCUT2D eigenvalue weighted by molar-refractivity contribution is 0.0956. The van der Waals surface area contributed by atoms with Crippen LogP contribution in [0.4, 0.5) is 5.82 Å². The number of anilines is 1. The molecule has 1 rings (SSSR count). The molecule has 94 valence electrons. The van der Waals surface area contributed by atoms with Crippen molar-refractivity contribution in [2.75, 3.05) is 18.0 Å². The number of carbonyl (C=O) groups excluding carboxylic acids is 1. The molecule has 1 aromatic rings. The zero-order valence-electron chi connectivity index (χ0n) is 8.68. The van der Waals surface area contributed by atoms with Crippen molar-refractivity contribution in [3.8, 4) is 0 Å². The van der Waals surface area contributed by atoms with Gasteiger partial charge in [0.1, 0.15) is 11.0 Å². The van der Waals surface area contributed by atoms with Crippen LogP contribution in [0.15, 0.2) is 12.1 Å². The fraction of sp³-hybridized carbons (Fsp3) is 0.250. The van der Waals surface area contributed by atoms with E-state index in [1.54, 1.807) is 0 Å². The first kappa shape index (κ1) is 13.7. The topological polar surface area (TPSA) is 128 Å². The summed E-state index contributed by atoms with van der Waals surface area (Å²) in [7, 11) is -3.60. The number of pyridine rings is 1. The molecule has 0 spiro atoms. The third-order valence-electron chi connectivity index (χ3n) is 1.75. The predicted molar refractivity (Wildman–Crippen MR) is 64.0 cm³/mol. The number of nitrogens with zero attached hydrogens (tertiary/aromatic N) is 1. The molecule has 0 saturated heterocycles. The lowest BCUT2D eigenvalue weighted by atomic mass is 10.2. The van der Waals surface area contributed by atoms with Gasteiger partial charge in [0.2, 0.25) is 10.0 Å². The standard InChI is InChI=1S/C8H11ClN4O3S/c9-6-3-5(4-7(10)13-6)8(14)12-1-2-17(11,15)16/h3-4H,1-2H2,(H2,10,13)(H,12,14)(H2,11,15,16). The van der Waals surface area contributed by atoms with Crippen molar-refractivity contribution in [1.29, 1.82) is 0 Å². The van der Waals surface area contributed by atoms with Gasteiger partial charge in [0.25, 0.3) is 5.91 Å². The molecule has 0 fully saturated rings. The van der Waals surface area contributed by atoms with Crippen LogP contribution in [0.25, 0.3) is 0 Å². The Morgan fingerprint density at radius 2 is 2.12 bits per heavy atom. The molecule has 17 heavy (non-hydrogen) atoms. The Bertz CT molecular complexity index is 511. The number of rotatable bonds is 4. The van der Waals surface area contributed by atoms with Crippen LogP contribution < -0.4 is 16.2 Å². The van der Waals surface area contributed by atoms with E-state index in [1.165, 1.54) is 12.1 Å². The van der Waals surface area contributed by atoms with Crippen molar-refractivity contribution < 1.29 is 13.2 Å². The Kier molecular flexibility index (Phi) is 4.27. The first-order valence-corrected chi connectivity index (χ1v) is 6.59. The van der Waals surface area contributed by atoms with Crippen LogP contribution in [-0.2, 0) is 10.0 Å². The van der Waals surface area contributed by atoms with Gasteiger partial charge in [-0.1, -0.05) is 11.6 Å². The number of primary sulfonamides is 1. The smallest absolute Gasteiger partial charge is 0.251 e. The molecule has 5 N–H and O–H groups in total. The molecule has 1 aromatic heterocycles. The van der Waals surface area contributed by atoms with Crippen LogP contribution in [0.1, 0.15) is 10.4 Å². The van der Waals surface area contributed by atoms with E-state index in [1.807, 2.05) is 0 Å². The normalized spacial score (nSPS) is 11.2. The molecular formula is C8H11ClN4O3S. The SMILES string of the molecule is Nc1cc(C(=O)NCCS(N)(=O)=O)cc(Cl)n1. The van der Waals surface area contributed by atoms with Gasteiger partial charge < -0.3 is 11.1 Å². The maximum absolute atomic E-state index is 11.5. The lowest BCUT2D eigenvalue weighted by Crippen LogP contribution is -2.31. The minimum atomic E-state index is -3.60. The molecule has 9 heteroatoms. The molecule has 0 bridgehead atoms. The van der Waals surface area contributed by atoms with E-state index in [-0.39, 0.29) is 28.8 Å². The van der Waals surface area contributed by atoms with Crippen LogP contribution in [-0.4, -0.2) is 31.6 Å². The molecule has 0 aliphatic carbocycles. The van der Waals surface area contributed by atoms with Gasteiger partial charge in [0.15, 0.2) is 0 Å². The largest absolute Gasteiger partial charge is 0.384 e.